The lowest BCUT2D eigenvalue weighted by Crippen LogP contribution is -1.96. The van der Waals surface area contributed by atoms with Gasteiger partial charge in [-0.1, -0.05) is 77.8 Å². The van der Waals surface area contributed by atoms with Crippen LogP contribution >= 0.6 is 0 Å². The number of benzene rings is 1. The molecule has 1 heteroatoms. The monoisotopic (exact) mass is 304 g/mol. The predicted molar refractivity (Wildman–Crippen MR) is 97.8 cm³/mol. The highest BCUT2D eigenvalue weighted by molar-refractivity contribution is 5.44. The molecule has 0 fully saturated rings. The standard InChI is InChI=1S/C21H36O/c1-4-7-9-10-11-13-14-18-16-19(6-3)21(22)20(17-18)15-12-8-5-2/h16-17,22H,4-15H2,1-3H3. The van der Waals surface area contributed by atoms with Gasteiger partial charge in [-0.15, -0.1) is 0 Å². The molecule has 1 aromatic rings. The fourth-order valence-electron chi connectivity index (χ4n) is 3.11. The third-order valence-corrected chi connectivity index (χ3v) is 4.58. The molecule has 1 nitrogen and oxygen atoms in total. The molecular formula is C21H36O. The fraction of sp³-hybridized carbons (Fsp3) is 0.714. The van der Waals surface area contributed by atoms with Gasteiger partial charge in [-0.05, 0) is 48.8 Å². The zero-order valence-electron chi connectivity index (χ0n) is 15.1. The van der Waals surface area contributed by atoms with Gasteiger partial charge in [0.05, 0.1) is 0 Å². The molecule has 0 aliphatic heterocycles. The maximum Gasteiger partial charge on any atom is 0.121 e. The van der Waals surface area contributed by atoms with Crippen LogP contribution in [0.4, 0.5) is 0 Å². The van der Waals surface area contributed by atoms with E-state index in [2.05, 4.69) is 32.9 Å². The number of aryl methyl sites for hydroxylation is 3. The van der Waals surface area contributed by atoms with Gasteiger partial charge >= 0.3 is 0 Å². The lowest BCUT2D eigenvalue weighted by molar-refractivity contribution is 0.459. The fourth-order valence-corrected chi connectivity index (χ4v) is 3.11. The topological polar surface area (TPSA) is 20.2 Å². The van der Waals surface area contributed by atoms with Crippen molar-refractivity contribution in [2.24, 2.45) is 0 Å². The Bertz CT molecular complexity index is 409. The van der Waals surface area contributed by atoms with Crippen molar-refractivity contribution in [2.75, 3.05) is 0 Å². The minimum Gasteiger partial charge on any atom is -0.507 e. The first-order chi connectivity index (χ1) is 10.7. The quantitative estimate of drug-likeness (QED) is 0.432. The van der Waals surface area contributed by atoms with Crippen molar-refractivity contribution >= 4 is 0 Å². The van der Waals surface area contributed by atoms with Gasteiger partial charge in [-0.25, -0.2) is 0 Å². The predicted octanol–water partition coefficient (Wildman–Crippen LogP) is 6.59. The van der Waals surface area contributed by atoms with Gasteiger partial charge in [0.2, 0.25) is 0 Å². The molecule has 0 heterocycles. The smallest absolute Gasteiger partial charge is 0.121 e. The molecule has 0 aliphatic carbocycles. The molecule has 0 unspecified atom stereocenters. The summed E-state index contributed by atoms with van der Waals surface area (Å²) in [5.41, 5.74) is 3.74. The average Bonchev–Trinajstić information content (AvgIpc) is 2.53. The maximum atomic E-state index is 10.4. The Hall–Kier alpha value is -0.980. The Kier molecular flexibility index (Phi) is 10.0. The van der Waals surface area contributed by atoms with E-state index in [9.17, 15) is 5.11 Å². The average molecular weight is 305 g/mol. The van der Waals surface area contributed by atoms with Gasteiger partial charge < -0.3 is 5.11 Å². The Morgan fingerprint density at radius 1 is 0.682 bits per heavy atom. The van der Waals surface area contributed by atoms with Crippen LogP contribution in [-0.2, 0) is 19.3 Å². The molecular weight excluding hydrogens is 268 g/mol. The molecule has 22 heavy (non-hydrogen) atoms. The van der Waals surface area contributed by atoms with Crippen LogP contribution in [-0.4, -0.2) is 5.11 Å². The Labute approximate surface area is 138 Å². The molecule has 0 amide bonds. The highest BCUT2D eigenvalue weighted by Gasteiger charge is 2.09. The first kappa shape index (κ1) is 19.1. The van der Waals surface area contributed by atoms with Gasteiger partial charge in [0, 0.05) is 0 Å². The van der Waals surface area contributed by atoms with Crippen LogP contribution in [0.3, 0.4) is 0 Å². The number of rotatable bonds is 12. The minimum absolute atomic E-state index is 0.560. The SMILES string of the molecule is CCCCCCCCc1cc(CC)c(O)c(CCCCC)c1. The normalized spacial score (nSPS) is 11.0. The third-order valence-electron chi connectivity index (χ3n) is 4.58. The first-order valence-corrected chi connectivity index (χ1v) is 9.56. The molecule has 0 spiro atoms. The summed E-state index contributed by atoms with van der Waals surface area (Å²) in [6.07, 6.45) is 14.9. The molecule has 0 radical (unpaired) electrons. The molecule has 0 saturated heterocycles. The van der Waals surface area contributed by atoms with Crippen LogP contribution in [0.15, 0.2) is 12.1 Å². The van der Waals surface area contributed by atoms with Crippen LogP contribution in [0.5, 0.6) is 5.75 Å². The van der Waals surface area contributed by atoms with Crippen molar-refractivity contribution in [3.8, 4) is 5.75 Å². The van der Waals surface area contributed by atoms with E-state index in [0.29, 0.717) is 5.75 Å². The van der Waals surface area contributed by atoms with Crippen molar-refractivity contribution in [2.45, 2.75) is 97.8 Å². The van der Waals surface area contributed by atoms with E-state index in [1.165, 1.54) is 75.3 Å². The van der Waals surface area contributed by atoms with Gasteiger partial charge in [0.25, 0.3) is 0 Å². The number of hydrogen-bond donors (Lipinski definition) is 1. The number of aromatic hydroxyl groups is 1. The second kappa shape index (κ2) is 11.6. The largest absolute Gasteiger partial charge is 0.507 e. The summed E-state index contributed by atoms with van der Waals surface area (Å²) in [5.74, 6) is 0.560. The maximum absolute atomic E-state index is 10.4. The van der Waals surface area contributed by atoms with E-state index in [0.717, 1.165) is 18.4 Å². The number of unbranched alkanes of at least 4 members (excludes halogenated alkanes) is 7. The summed E-state index contributed by atoms with van der Waals surface area (Å²) in [7, 11) is 0. The van der Waals surface area contributed by atoms with Crippen LogP contribution in [0.25, 0.3) is 0 Å². The molecule has 0 bridgehead atoms. The van der Waals surface area contributed by atoms with Crippen molar-refractivity contribution in [3.05, 3.63) is 28.8 Å². The second-order valence-electron chi connectivity index (χ2n) is 6.59. The number of phenolic OH excluding ortho intramolecular Hbond substituents is 1. The van der Waals surface area contributed by atoms with E-state index >= 15 is 0 Å². The molecule has 1 N–H and O–H groups in total. The van der Waals surface area contributed by atoms with Crippen molar-refractivity contribution in [1.29, 1.82) is 0 Å². The van der Waals surface area contributed by atoms with E-state index < -0.39 is 0 Å². The Morgan fingerprint density at radius 2 is 1.23 bits per heavy atom. The zero-order valence-corrected chi connectivity index (χ0v) is 15.1. The van der Waals surface area contributed by atoms with Gasteiger partial charge in [0.15, 0.2) is 0 Å². The summed E-state index contributed by atoms with van der Waals surface area (Å²) in [6.45, 7) is 6.63. The van der Waals surface area contributed by atoms with E-state index in [4.69, 9.17) is 0 Å². The molecule has 1 aromatic carbocycles. The third kappa shape index (κ3) is 6.85. The number of hydrogen-bond acceptors (Lipinski definition) is 1. The molecule has 0 atom stereocenters. The highest BCUT2D eigenvalue weighted by atomic mass is 16.3. The van der Waals surface area contributed by atoms with Gasteiger partial charge in [-0.3, -0.25) is 0 Å². The number of phenols is 1. The molecule has 0 saturated carbocycles. The summed E-state index contributed by atoms with van der Waals surface area (Å²) >= 11 is 0. The van der Waals surface area contributed by atoms with Crippen LogP contribution in [0.2, 0.25) is 0 Å². The Morgan fingerprint density at radius 3 is 1.91 bits per heavy atom. The van der Waals surface area contributed by atoms with Crippen molar-refractivity contribution < 1.29 is 5.11 Å². The molecule has 0 aromatic heterocycles. The first-order valence-electron chi connectivity index (χ1n) is 9.56. The van der Waals surface area contributed by atoms with Crippen molar-refractivity contribution in [1.82, 2.24) is 0 Å². The van der Waals surface area contributed by atoms with Crippen LogP contribution in [0.1, 0.15) is 95.2 Å². The second-order valence-corrected chi connectivity index (χ2v) is 6.59. The highest BCUT2D eigenvalue weighted by Crippen LogP contribution is 2.27. The lowest BCUT2D eigenvalue weighted by atomic mass is 9.95. The molecule has 126 valence electrons. The minimum atomic E-state index is 0.560. The summed E-state index contributed by atoms with van der Waals surface area (Å²) in [6, 6.07) is 4.49. The van der Waals surface area contributed by atoms with E-state index in [1.54, 1.807) is 0 Å². The zero-order chi connectivity index (χ0) is 16.2. The van der Waals surface area contributed by atoms with Crippen molar-refractivity contribution in [3.63, 3.8) is 0 Å². The van der Waals surface area contributed by atoms with Crippen LogP contribution < -0.4 is 0 Å². The van der Waals surface area contributed by atoms with E-state index in [1.807, 2.05) is 0 Å². The summed E-state index contributed by atoms with van der Waals surface area (Å²) in [5, 5.41) is 10.4. The van der Waals surface area contributed by atoms with Gasteiger partial charge in [0.1, 0.15) is 5.75 Å². The summed E-state index contributed by atoms with van der Waals surface area (Å²) < 4.78 is 0. The van der Waals surface area contributed by atoms with Gasteiger partial charge in [-0.2, -0.15) is 0 Å². The Balaban J connectivity index is 2.56. The van der Waals surface area contributed by atoms with E-state index in [-0.39, 0.29) is 0 Å². The molecule has 0 aliphatic rings. The summed E-state index contributed by atoms with van der Waals surface area (Å²) in [4.78, 5) is 0. The lowest BCUT2D eigenvalue weighted by Gasteiger charge is -2.12. The van der Waals surface area contributed by atoms with Crippen LogP contribution in [0, 0.1) is 0 Å². The molecule has 1 rings (SSSR count).